The van der Waals surface area contributed by atoms with E-state index in [0.717, 1.165) is 70.6 Å². The Kier molecular flexibility index (Phi) is 38.0. The predicted octanol–water partition coefficient (Wildman–Crippen LogP) is 11.0. The highest BCUT2D eigenvalue weighted by molar-refractivity contribution is 7.47. The van der Waals surface area contributed by atoms with Crippen molar-refractivity contribution in [2.45, 2.75) is 167 Å². The van der Waals surface area contributed by atoms with E-state index >= 15 is 0 Å². The molecule has 0 aromatic carbocycles. The monoisotopic (exact) mass is 874 g/mol. The number of esters is 2. The van der Waals surface area contributed by atoms with Gasteiger partial charge in [-0.05, 0) is 83.5 Å². The standard InChI is InChI=1S/C44H76O13P2/c1-3-5-7-9-11-13-15-17-19-20-22-24-26-28-30-32-34-36-44(47)57-42(40-56-59(51,52)55-38-41(45)37-54-58(48,49)50)39-53-43(46)35-33-31-29-27-25-23-21-18-16-14-12-10-8-6-4-2/h11-14,17-19,21-22,24,28,30,41-42,45H,3-10,15-16,20,23,25-27,29,31-40H2,1-2H3,(H,51,52)(H2,48,49,50). The second-order valence-corrected chi connectivity index (χ2v) is 16.9. The summed E-state index contributed by atoms with van der Waals surface area (Å²) in [6.45, 7) is 1.62. The Hall–Kier alpha value is -2.44. The molecule has 3 atom stereocenters. The van der Waals surface area contributed by atoms with Crippen molar-refractivity contribution >= 4 is 27.6 Å². The second-order valence-electron chi connectivity index (χ2n) is 14.3. The molecule has 0 saturated heterocycles. The third-order valence-electron chi connectivity index (χ3n) is 8.56. The molecule has 0 aliphatic carbocycles. The third-order valence-corrected chi connectivity index (χ3v) is 9.99. The predicted molar refractivity (Wildman–Crippen MR) is 234 cm³/mol. The third kappa shape index (κ3) is 43.5. The van der Waals surface area contributed by atoms with E-state index < -0.39 is 66.2 Å². The first-order valence-corrected chi connectivity index (χ1v) is 24.7. The molecule has 340 valence electrons. The molecule has 0 heterocycles. The van der Waals surface area contributed by atoms with Gasteiger partial charge in [-0.3, -0.25) is 23.2 Å². The van der Waals surface area contributed by atoms with Crippen molar-refractivity contribution in [2.75, 3.05) is 26.4 Å². The Labute approximate surface area is 354 Å². The maximum atomic E-state index is 12.6. The summed E-state index contributed by atoms with van der Waals surface area (Å²) in [5.41, 5.74) is 0. The van der Waals surface area contributed by atoms with Crippen LogP contribution in [0.25, 0.3) is 0 Å². The molecule has 0 aromatic heterocycles. The molecule has 0 aliphatic heterocycles. The average Bonchev–Trinajstić information content (AvgIpc) is 3.19. The van der Waals surface area contributed by atoms with Crippen LogP contribution in [0, 0.1) is 0 Å². The minimum atomic E-state index is -4.87. The maximum absolute atomic E-state index is 12.6. The number of unbranched alkanes of at least 4 members (excludes halogenated alkanes) is 12. The average molecular weight is 875 g/mol. The number of hydrogen-bond donors (Lipinski definition) is 4. The van der Waals surface area contributed by atoms with Gasteiger partial charge in [0.05, 0.1) is 19.8 Å². The van der Waals surface area contributed by atoms with Gasteiger partial charge in [0.15, 0.2) is 6.10 Å². The van der Waals surface area contributed by atoms with Gasteiger partial charge in [-0.15, -0.1) is 0 Å². The topological polar surface area (TPSA) is 195 Å². The van der Waals surface area contributed by atoms with Crippen LogP contribution in [-0.4, -0.2) is 70.4 Å². The number of aliphatic hydroxyl groups excluding tert-OH is 1. The summed E-state index contributed by atoms with van der Waals surface area (Å²) in [6, 6.07) is 0. The quantitative estimate of drug-likeness (QED) is 0.0197. The van der Waals surface area contributed by atoms with Crippen LogP contribution >= 0.6 is 15.6 Å². The van der Waals surface area contributed by atoms with Crippen LogP contribution in [0.5, 0.6) is 0 Å². The SMILES string of the molecule is CCCCCC=CCC=CCC=CCC=CCCCC(=O)OC(COC(=O)CCCCCCCC=CCC=CCCCCC)COP(=O)(O)OCC(O)COP(=O)(O)O. The first-order valence-electron chi connectivity index (χ1n) is 21.6. The summed E-state index contributed by atoms with van der Waals surface area (Å²) < 4.78 is 47.7. The van der Waals surface area contributed by atoms with Gasteiger partial charge < -0.3 is 29.3 Å². The molecule has 0 radical (unpaired) electrons. The van der Waals surface area contributed by atoms with Gasteiger partial charge in [-0.25, -0.2) is 9.13 Å². The minimum Gasteiger partial charge on any atom is -0.462 e. The van der Waals surface area contributed by atoms with E-state index in [9.17, 15) is 28.7 Å². The lowest BCUT2D eigenvalue weighted by molar-refractivity contribution is -0.161. The fourth-order valence-corrected chi connectivity index (χ4v) is 6.41. The van der Waals surface area contributed by atoms with Crippen molar-refractivity contribution in [2.24, 2.45) is 0 Å². The van der Waals surface area contributed by atoms with Crippen molar-refractivity contribution in [3.63, 3.8) is 0 Å². The van der Waals surface area contributed by atoms with Crippen molar-refractivity contribution in [1.29, 1.82) is 0 Å². The zero-order valence-electron chi connectivity index (χ0n) is 35.8. The number of phosphoric acid groups is 2. The van der Waals surface area contributed by atoms with Gasteiger partial charge in [0.2, 0.25) is 0 Å². The second kappa shape index (κ2) is 39.7. The number of phosphoric ester groups is 2. The zero-order chi connectivity index (χ0) is 43.7. The van der Waals surface area contributed by atoms with E-state index in [-0.39, 0.29) is 12.8 Å². The summed E-state index contributed by atoms with van der Waals surface area (Å²) in [7, 11) is -9.70. The van der Waals surface area contributed by atoms with Crippen LogP contribution in [-0.2, 0) is 41.8 Å². The summed E-state index contributed by atoms with van der Waals surface area (Å²) in [5.74, 6) is -1.12. The molecule has 4 N–H and O–H groups in total. The van der Waals surface area contributed by atoms with Crippen LogP contribution in [0.4, 0.5) is 0 Å². The molecule has 0 aromatic rings. The zero-order valence-corrected chi connectivity index (χ0v) is 37.6. The number of carbonyl (C=O) groups excluding carboxylic acids is 2. The molecule has 0 spiro atoms. The summed E-state index contributed by atoms with van der Waals surface area (Å²) >= 11 is 0. The summed E-state index contributed by atoms with van der Waals surface area (Å²) in [4.78, 5) is 52.6. The Balaban J connectivity index is 4.66. The van der Waals surface area contributed by atoms with Crippen molar-refractivity contribution in [3.05, 3.63) is 72.9 Å². The number of carbonyl (C=O) groups is 2. The van der Waals surface area contributed by atoms with E-state index in [2.05, 4.69) is 83.7 Å². The molecule has 15 heteroatoms. The van der Waals surface area contributed by atoms with Crippen molar-refractivity contribution in [3.8, 4) is 0 Å². The molecule has 0 saturated carbocycles. The fourth-order valence-electron chi connectivity index (χ4n) is 5.25. The Morgan fingerprint density at radius 3 is 1.41 bits per heavy atom. The lowest BCUT2D eigenvalue weighted by Gasteiger charge is -2.20. The molecule has 0 aliphatic rings. The summed E-state index contributed by atoms with van der Waals surface area (Å²) in [5, 5.41) is 9.74. The van der Waals surface area contributed by atoms with Crippen LogP contribution in [0.15, 0.2) is 72.9 Å². The molecule has 3 unspecified atom stereocenters. The molecule has 0 fully saturated rings. The van der Waals surface area contributed by atoms with Crippen LogP contribution in [0.1, 0.15) is 155 Å². The van der Waals surface area contributed by atoms with E-state index in [1.54, 1.807) is 0 Å². The highest BCUT2D eigenvalue weighted by Gasteiger charge is 2.28. The van der Waals surface area contributed by atoms with Gasteiger partial charge in [0.25, 0.3) is 0 Å². The van der Waals surface area contributed by atoms with E-state index in [1.165, 1.54) is 38.5 Å². The van der Waals surface area contributed by atoms with Crippen LogP contribution in [0.2, 0.25) is 0 Å². The normalized spacial score (nSPS) is 14.7. The number of allylic oxidation sites excluding steroid dienone is 12. The van der Waals surface area contributed by atoms with Crippen molar-refractivity contribution < 1.29 is 61.6 Å². The minimum absolute atomic E-state index is 0.0491. The van der Waals surface area contributed by atoms with E-state index in [1.807, 2.05) is 12.2 Å². The van der Waals surface area contributed by atoms with Crippen LogP contribution < -0.4 is 0 Å². The van der Waals surface area contributed by atoms with Gasteiger partial charge >= 0.3 is 27.6 Å². The smallest absolute Gasteiger partial charge is 0.462 e. The molecule has 13 nitrogen and oxygen atoms in total. The lowest BCUT2D eigenvalue weighted by atomic mass is 10.1. The lowest BCUT2D eigenvalue weighted by Crippen LogP contribution is -2.29. The largest absolute Gasteiger partial charge is 0.472 e. The molecular formula is C44H76O13P2. The van der Waals surface area contributed by atoms with Gasteiger partial charge in [0.1, 0.15) is 12.7 Å². The highest BCUT2D eigenvalue weighted by Crippen LogP contribution is 2.43. The van der Waals surface area contributed by atoms with Gasteiger partial charge in [-0.2, -0.15) is 0 Å². The van der Waals surface area contributed by atoms with Crippen LogP contribution in [0.3, 0.4) is 0 Å². The van der Waals surface area contributed by atoms with Crippen molar-refractivity contribution in [1.82, 2.24) is 0 Å². The fraction of sp³-hybridized carbons (Fsp3) is 0.682. The first-order chi connectivity index (χ1) is 28.4. The number of hydrogen-bond acceptors (Lipinski definition) is 10. The number of ether oxygens (including phenoxy) is 2. The van der Waals surface area contributed by atoms with E-state index in [0.29, 0.717) is 19.3 Å². The van der Waals surface area contributed by atoms with E-state index in [4.69, 9.17) is 23.8 Å². The first kappa shape index (κ1) is 56.6. The number of aliphatic hydroxyl groups is 1. The highest BCUT2D eigenvalue weighted by atomic mass is 31.2. The molecular weight excluding hydrogens is 798 g/mol. The molecule has 0 rings (SSSR count). The summed E-state index contributed by atoms with van der Waals surface area (Å²) in [6.07, 6.45) is 43.3. The van der Waals surface area contributed by atoms with Gasteiger partial charge in [0, 0.05) is 12.8 Å². The molecule has 0 amide bonds. The Morgan fingerprint density at radius 1 is 0.492 bits per heavy atom. The number of rotatable bonds is 40. The molecule has 59 heavy (non-hydrogen) atoms. The van der Waals surface area contributed by atoms with Gasteiger partial charge in [-0.1, -0.05) is 132 Å². The molecule has 0 bridgehead atoms. The Bertz CT molecular complexity index is 1320. The Morgan fingerprint density at radius 2 is 0.898 bits per heavy atom. The maximum Gasteiger partial charge on any atom is 0.472 e.